The topological polar surface area (TPSA) is 54.4 Å². The molecule has 34 heavy (non-hydrogen) atoms. The van der Waals surface area contributed by atoms with Crippen molar-refractivity contribution in [1.29, 1.82) is 0 Å². The third-order valence-electron chi connectivity index (χ3n) is 6.45. The van der Waals surface area contributed by atoms with Gasteiger partial charge in [0, 0.05) is 0 Å². The van der Waals surface area contributed by atoms with E-state index in [1.807, 2.05) is 0 Å². The van der Waals surface area contributed by atoms with Crippen LogP contribution in [0.1, 0.15) is 145 Å². The van der Waals surface area contributed by atoms with Crippen molar-refractivity contribution in [3.8, 4) is 0 Å². The van der Waals surface area contributed by atoms with Crippen LogP contribution in [0, 0.1) is 0 Å². The molecule has 0 aliphatic rings. The van der Waals surface area contributed by atoms with Gasteiger partial charge < -0.3 is 5.91 Å². The third-order valence-corrected chi connectivity index (χ3v) is 7.25. The molecule has 0 radical (unpaired) electrons. The fourth-order valence-corrected chi connectivity index (χ4v) is 4.81. The minimum atomic E-state index is -3.73. The van der Waals surface area contributed by atoms with Crippen molar-refractivity contribution in [1.82, 2.24) is 0 Å². The summed E-state index contributed by atoms with van der Waals surface area (Å²) in [7, 11) is -3.73. The number of hydrogen-bond donors (Lipinski definition) is 1. The van der Waals surface area contributed by atoms with Gasteiger partial charge in [-0.3, -0.25) is 4.55 Å². The largest absolute Gasteiger partial charge is 1.00 e. The molecule has 0 saturated heterocycles. The maximum Gasteiger partial charge on any atom is 1.00 e. The molecule has 4 nitrogen and oxygen atoms in total. The quantitative estimate of drug-likeness (QED) is 0.0802. The molecule has 7 heteroatoms. The zero-order valence-corrected chi connectivity index (χ0v) is 27.7. The number of unbranched alkanes of at least 4 members (excludes halogenated alkanes) is 12. The summed E-state index contributed by atoms with van der Waals surface area (Å²) in [5, 5.41) is 0. The summed E-state index contributed by atoms with van der Waals surface area (Å²) in [6, 6.07) is 0. The molecule has 0 aromatic carbocycles. The van der Waals surface area contributed by atoms with Crippen LogP contribution in [0.25, 0.3) is 0 Å². The van der Waals surface area contributed by atoms with Gasteiger partial charge >= 0.3 is 29.6 Å². The van der Waals surface area contributed by atoms with E-state index < -0.39 is 10.1 Å². The zero-order chi connectivity index (χ0) is 24.6. The summed E-state index contributed by atoms with van der Waals surface area (Å²) < 4.78 is 30.7. The van der Waals surface area contributed by atoms with Crippen molar-refractivity contribution in [3.63, 3.8) is 0 Å². The van der Waals surface area contributed by atoms with Crippen molar-refractivity contribution in [3.05, 3.63) is 0 Å². The number of hydrogen-bond acceptors (Lipinski definition) is 2. The van der Waals surface area contributed by atoms with Gasteiger partial charge in [-0.15, -0.1) is 12.4 Å². The molecule has 0 spiro atoms. The second kappa shape index (κ2) is 30.4. The molecule has 0 atom stereocenters. The van der Waals surface area contributed by atoms with Crippen LogP contribution in [0.2, 0.25) is 0 Å². The smallest absolute Gasteiger partial charge is 1.00 e. The monoisotopic (exact) mass is 538 g/mol. The van der Waals surface area contributed by atoms with E-state index in [4.69, 9.17) is 4.55 Å². The van der Waals surface area contributed by atoms with E-state index in [-0.39, 0.29) is 49.1 Å². The molecule has 0 aliphatic heterocycles. The first-order valence-corrected chi connectivity index (χ1v) is 15.7. The fourth-order valence-electron chi connectivity index (χ4n) is 4.24. The molecule has 0 bridgehead atoms. The molecule has 206 valence electrons. The van der Waals surface area contributed by atoms with E-state index in [9.17, 15) is 8.42 Å². The van der Waals surface area contributed by atoms with Crippen molar-refractivity contribution < 1.29 is 48.4 Å². The summed E-state index contributed by atoms with van der Waals surface area (Å²) in [5.41, 5.74) is 0. The van der Waals surface area contributed by atoms with Crippen molar-refractivity contribution in [2.75, 3.05) is 31.9 Å². The molecule has 0 saturated carbocycles. The first-order chi connectivity index (χ1) is 15.3. The second-order valence-corrected chi connectivity index (χ2v) is 11.3. The van der Waals surface area contributed by atoms with Crippen molar-refractivity contribution in [2.45, 2.75) is 144 Å². The molecule has 0 unspecified atom stereocenters. The Bertz CT molecular complexity index is 448. The predicted molar refractivity (Wildman–Crippen MR) is 151 cm³/mol. The van der Waals surface area contributed by atoms with Gasteiger partial charge in [-0.2, -0.15) is 8.42 Å². The Hall–Kier alpha value is 1.16. The van der Waals surface area contributed by atoms with E-state index >= 15 is 0 Å². The van der Waals surface area contributed by atoms with Crippen LogP contribution in [0.15, 0.2) is 0 Å². The van der Waals surface area contributed by atoms with Gasteiger partial charge in [-0.05, 0) is 32.1 Å². The molecule has 0 aliphatic carbocycles. The summed E-state index contributed by atoms with van der Waals surface area (Å²) in [6.07, 6.45) is 21.3. The number of rotatable bonds is 22. The Morgan fingerprint density at radius 3 is 1.06 bits per heavy atom. The Balaban J connectivity index is -0.000000159. The number of nitrogens with zero attached hydrogens (tertiary/aromatic N) is 1. The normalized spacial score (nSPS) is 11.2. The molecule has 0 aromatic rings. The average molecular weight is 539 g/mol. The van der Waals surface area contributed by atoms with Crippen molar-refractivity contribution >= 4 is 22.5 Å². The summed E-state index contributed by atoms with van der Waals surface area (Å²) in [4.78, 5) is 0. The molecule has 0 aromatic heterocycles. The Kier molecular flexibility index (Phi) is 37.8. The van der Waals surface area contributed by atoms with Gasteiger partial charge in [0.1, 0.15) is 0 Å². The van der Waals surface area contributed by atoms with Crippen LogP contribution in [0.3, 0.4) is 0 Å². The van der Waals surface area contributed by atoms with Gasteiger partial charge in [0.2, 0.25) is 0 Å². The van der Waals surface area contributed by atoms with Crippen LogP contribution < -0.4 is 29.6 Å². The molecule has 1 N–H and O–H groups in total. The minimum absolute atomic E-state index is 0. The molecule has 0 heterocycles. The second-order valence-electron chi connectivity index (χ2n) is 9.76. The van der Waals surface area contributed by atoms with Crippen LogP contribution in [-0.2, 0) is 10.1 Å². The van der Waals surface area contributed by atoms with Gasteiger partial charge in [0.05, 0.1) is 31.9 Å². The van der Waals surface area contributed by atoms with Gasteiger partial charge in [-0.25, -0.2) is 0 Å². The van der Waals surface area contributed by atoms with Crippen LogP contribution in [0.5, 0.6) is 0 Å². The predicted octanol–water partition coefficient (Wildman–Crippen LogP) is 5.95. The Labute approximate surface area is 245 Å². The molecular formula is C27H62ClNNaO3S+. The standard InChI is InChI=1S/C16H36N.C11H24O3S.ClH.Na.H/c1-5-9-13-17(14-10-6-2,15-11-7-3)16-12-8-4;1-2-3-4-5-6-7-8-9-10-11-15(12,13)14;;;/h5-16H2,1-4H3;2-11H2,1H3,(H,12,13,14);1H;;/q+1;;;+1;-1. The Morgan fingerprint density at radius 2 is 0.794 bits per heavy atom. The maximum absolute atomic E-state index is 10.4. The molecule has 0 rings (SSSR count). The van der Waals surface area contributed by atoms with E-state index in [0.717, 1.165) is 12.8 Å². The van der Waals surface area contributed by atoms with E-state index in [2.05, 4.69) is 34.6 Å². The molecule has 0 amide bonds. The molecule has 0 fully saturated rings. The van der Waals surface area contributed by atoms with E-state index in [1.165, 1.54) is 121 Å². The van der Waals surface area contributed by atoms with Gasteiger partial charge in [0.25, 0.3) is 10.1 Å². The van der Waals surface area contributed by atoms with Crippen LogP contribution >= 0.6 is 12.4 Å². The molecular weight excluding hydrogens is 477 g/mol. The summed E-state index contributed by atoms with van der Waals surface area (Å²) in [6.45, 7) is 17.2. The van der Waals surface area contributed by atoms with Crippen LogP contribution in [-0.4, -0.2) is 49.4 Å². The number of halogens is 1. The summed E-state index contributed by atoms with van der Waals surface area (Å²) >= 11 is 0. The zero-order valence-electron chi connectivity index (χ0n) is 25.1. The van der Waals surface area contributed by atoms with E-state index in [0.29, 0.717) is 6.42 Å². The van der Waals surface area contributed by atoms with E-state index in [1.54, 1.807) is 0 Å². The summed E-state index contributed by atoms with van der Waals surface area (Å²) in [5.74, 6) is -0.0805. The maximum atomic E-state index is 10.4. The third kappa shape index (κ3) is 31.2. The number of quaternary nitrogens is 1. The first kappa shape index (κ1) is 42.3. The van der Waals surface area contributed by atoms with Gasteiger partial charge in [-0.1, -0.05) is 112 Å². The SMILES string of the molecule is CCCCCCCCCCCS(=O)(=O)O.CCCC[N+](CCCC)(CCCC)CCCC.Cl.[H-].[Na+]. The first-order valence-electron chi connectivity index (χ1n) is 14.1. The van der Waals surface area contributed by atoms with Crippen molar-refractivity contribution in [2.24, 2.45) is 0 Å². The fraction of sp³-hybridized carbons (Fsp3) is 1.00. The van der Waals surface area contributed by atoms with Crippen LogP contribution in [0.4, 0.5) is 0 Å². The average Bonchev–Trinajstić information content (AvgIpc) is 2.77. The van der Waals surface area contributed by atoms with Gasteiger partial charge in [0.15, 0.2) is 0 Å². The minimum Gasteiger partial charge on any atom is -1.00 e. The Morgan fingerprint density at radius 1 is 0.529 bits per heavy atom.